The van der Waals surface area contributed by atoms with Gasteiger partial charge in [0.05, 0.1) is 5.56 Å². The van der Waals surface area contributed by atoms with Crippen molar-refractivity contribution in [1.82, 2.24) is 0 Å². The molecular weight excluding hydrogens is 188 g/mol. The molecule has 0 bridgehead atoms. The van der Waals surface area contributed by atoms with Gasteiger partial charge in [-0.05, 0) is 24.0 Å². The number of carboxylic acids is 1. The van der Waals surface area contributed by atoms with E-state index >= 15 is 0 Å². The molecule has 1 aliphatic carbocycles. The molecule has 0 radical (unpaired) electrons. The summed E-state index contributed by atoms with van der Waals surface area (Å²) in [4.78, 5) is 11.0. The average Bonchev–Trinajstić information content (AvgIpc) is 2.71. The molecule has 0 spiro atoms. The van der Waals surface area contributed by atoms with Crippen molar-refractivity contribution in [3.05, 3.63) is 35.4 Å². The molecule has 0 atom stereocenters. The summed E-state index contributed by atoms with van der Waals surface area (Å²) in [5, 5.41) is 9.04. The lowest BCUT2D eigenvalue weighted by atomic mass is 9.94. The van der Waals surface area contributed by atoms with E-state index in [2.05, 4.69) is 0 Å². The van der Waals surface area contributed by atoms with Gasteiger partial charge in [-0.25, -0.2) is 4.79 Å². The first-order valence-electron chi connectivity index (χ1n) is 5.58. The van der Waals surface area contributed by atoms with Crippen molar-refractivity contribution < 1.29 is 9.90 Å². The highest BCUT2D eigenvalue weighted by Crippen LogP contribution is 2.28. The predicted molar refractivity (Wildman–Crippen MR) is 59.1 cm³/mol. The van der Waals surface area contributed by atoms with Gasteiger partial charge in [0, 0.05) is 0 Å². The first-order valence-corrected chi connectivity index (χ1v) is 5.58. The Morgan fingerprint density at radius 2 is 1.93 bits per heavy atom. The monoisotopic (exact) mass is 204 g/mol. The van der Waals surface area contributed by atoms with Gasteiger partial charge in [-0.3, -0.25) is 0 Å². The third-order valence-electron chi connectivity index (χ3n) is 3.23. The first-order chi connectivity index (χ1) is 7.27. The van der Waals surface area contributed by atoms with Gasteiger partial charge in [-0.1, -0.05) is 43.9 Å². The molecule has 15 heavy (non-hydrogen) atoms. The number of hydrogen-bond acceptors (Lipinski definition) is 1. The number of aromatic carboxylic acids is 1. The highest BCUT2D eigenvalue weighted by Gasteiger charge is 2.18. The predicted octanol–water partition coefficient (Wildman–Crippen LogP) is 3.12. The average molecular weight is 204 g/mol. The van der Waals surface area contributed by atoms with Crippen molar-refractivity contribution in [2.75, 3.05) is 0 Å². The van der Waals surface area contributed by atoms with Gasteiger partial charge in [0.1, 0.15) is 0 Å². The van der Waals surface area contributed by atoms with Crippen molar-refractivity contribution in [2.24, 2.45) is 5.92 Å². The largest absolute Gasteiger partial charge is 0.478 e. The summed E-state index contributed by atoms with van der Waals surface area (Å²) in [5.41, 5.74) is 1.47. The normalized spacial score (nSPS) is 16.8. The van der Waals surface area contributed by atoms with Crippen molar-refractivity contribution in [1.29, 1.82) is 0 Å². The maximum absolute atomic E-state index is 11.0. The summed E-state index contributed by atoms with van der Waals surface area (Å²) < 4.78 is 0. The van der Waals surface area contributed by atoms with Gasteiger partial charge in [0.15, 0.2) is 0 Å². The van der Waals surface area contributed by atoms with Crippen LogP contribution in [0.5, 0.6) is 0 Å². The van der Waals surface area contributed by atoms with Crippen molar-refractivity contribution in [3.63, 3.8) is 0 Å². The van der Waals surface area contributed by atoms with Crippen LogP contribution in [0.2, 0.25) is 0 Å². The number of hydrogen-bond donors (Lipinski definition) is 1. The maximum Gasteiger partial charge on any atom is 0.335 e. The lowest BCUT2D eigenvalue weighted by molar-refractivity contribution is 0.0695. The summed E-state index contributed by atoms with van der Waals surface area (Å²) >= 11 is 0. The van der Waals surface area contributed by atoms with Gasteiger partial charge >= 0.3 is 5.97 Å². The SMILES string of the molecule is O=C(O)c1ccccc1CC1CCCC1. The second-order valence-electron chi connectivity index (χ2n) is 4.32. The fraction of sp³-hybridized carbons (Fsp3) is 0.462. The zero-order valence-corrected chi connectivity index (χ0v) is 8.78. The standard InChI is InChI=1S/C13H16O2/c14-13(15)12-8-4-3-7-11(12)9-10-5-1-2-6-10/h3-4,7-8,10H,1-2,5-6,9H2,(H,14,15). The van der Waals surface area contributed by atoms with E-state index in [9.17, 15) is 4.79 Å². The third-order valence-corrected chi connectivity index (χ3v) is 3.23. The summed E-state index contributed by atoms with van der Waals surface area (Å²) in [6.45, 7) is 0. The van der Waals surface area contributed by atoms with E-state index in [1.165, 1.54) is 25.7 Å². The van der Waals surface area contributed by atoms with Gasteiger partial charge in [-0.2, -0.15) is 0 Å². The molecule has 0 unspecified atom stereocenters. The van der Waals surface area contributed by atoms with Crippen LogP contribution >= 0.6 is 0 Å². The Balaban J connectivity index is 2.15. The molecule has 1 aromatic carbocycles. The fourth-order valence-corrected chi connectivity index (χ4v) is 2.43. The molecule has 80 valence electrons. The quantitative estimate of drug-likeness (QED) is 0.821. The summed E-state index contributed by atoms with van der Waals surface area (Å²) in [7, 11) is 0. The summed E-state index contributed by atoms with van der Waals surface area (Å²) in [6, 6.07) is 7.37. The van der Waals surface area contributed by atoms with Crippen molar-refractivity contribution in [2.45, 2.75) is 32.1 Å². The van der Waals surface area contributed by atoms with Gasteiger partial charge in [-0.15, -0.1) is 0 Å². The Morgan fingerprint density at radius 1 is 1.27 bits per heavy atom. The second kappa shape index (κ2) is 4.47. The molecule has 1 N–H and O–H groups in total. The maximum atomic E-state index is 11.0. The number of carbonyl (C=O) groups is 1. The Labute approximate surface area is 89.9 Å². The van der Waals surface area contributed by atoms with Crippen LogP contribution in [0.4, 0.5) is 0 Å². The molecule has 1 saturated carbocycles. The molecule has 1 aliphatic rings. The van der Waals surface area contributed by atoms with E-state index in [1.54, 1.807) is 12.1 Å². The molecule has 1 aromatic rings. The highest BCUT2D eigenvalue weighted by molar-refractivity contribution is 5.89. The number of rotatable bonds is 3. The Kier molecular flexibility index (Phi) is 3.05. The molecule has 2 heteroatoms. The smallest absolute Gasteiger partial charge is 0.335 e. The lowest BCUT2D eigenvalue weighted by Crippen LogP contribution is -2.06. The van der Waals surface area contributed by atoms with E-state index in [0.717, 1.165) is 12.0 Å². The van der Waals surface area contributed by atoms with E-state index in [4.69, 9.17) is 5.11 Å². The van der Waals surface area contributed by atoms with Crippen LogP contribution in [0.15, 0.2) is 24.3 Å². The van der Waals surface area contributed by atoms with Crippen LogP contribution in [0.1, 0.15) is 41.6 Å². The van der Waals surface area contributed by atoms with E-state index in [0.29, 0.717) is 11.5 Å². The van der Waals surface area contributed by atoms with Crippen LogP contribution in [0, 0.1) is 5.92 Å². The zero-order valence-electron chi connectivity index (χ0n) is 8.78. The third kappa shape index (κ3) is 2.38. The van der Waals surface area contributed by atoms with E-state index < -0.39 is 5.97 Å². The minimum atomic E-state index is -0.802. The number of benzene rings is 1. The zero-order chi connectivity index (χ0) is 10.7. The number of carboxylic acid groups (broad SMARTS) is 1. The van der Waals surface area contributed by atoms with Crippen LogP contribution in [-0.2, 0) is 6.42 Å². The first kappa shape index (κ1) is 10.2. The molecule has 2 rings (SSSR count). The van der Waals surface area contributed by atoms with Crippen LogP contribution in [0.25, 0.3) is 0 Å². The molecule has 0 saturated heterocycles. The van der Waals surface area contributed by atoms with Crippen LogP contribution < -0.4 is 0 Å². The highest BCUT2D eigenvalue weighted by atomic mass is 16.4. The van der Waals surface area contributed by atoms with Gasteiger partial charge in [0.2, 0.25) is 0 Å². The van der Waals surface area contributed by atoms with E-state index in [-0.39, 0.29) is 0 Å². The van der Waals surface area contributed by atoms with Crippen molar-refractivity contribution >= 4 is 5.97 Å². The molecule has 0 aliphatic heterocycles. The lowest BCUT2D eigenvalue weighted by Gasteiger charge is -2.10. The molecule has 2 nitrogen and oxygen atoms in total. The summed E-state index contributed by atoms with van der Waals surface area (Å²) in [5.74, 6) is -0.103. The van der Waals surface area contributed by atoms with Gasteiger partial charge < -0.3 is 5.11 Å². The van der Waals surface area contributed by atoms with E-state index in [1.807, 2.05) is 12.1 Å². The van der Waals surface area contributed by atoms with Crippen LogP contribution in [-0.4, -0.2) is 11.1 Å². The summed E-state index contributed by atoms with van der Waals surface area (Å²) in [6.07, 6.45) is 6.06. The molecule has 0 amide bonds. The Hall–Kier alpha value is -1.31. The molecule has 0 heterocycles. The molecule has 0 aromatic heterocycles. The van der Waals surface area contributed by atoms with Gasteiger partial charge in [0.25, 0.3) is 0 Å². The Morgan fingerprint density at radius 3 is 2.60 bits per heavy atom. The minimum Gasteiger partial charge on any atom is -0.478 e. The Bertz CT molecular complexity index is 351. The van der Waals surface area contributed by atoms with Crippen LogP contribution in [0.3, 0.4) is 0 Å². The fourth-order valence-electron chi connectivity index (χ4n) is 2.43. The topological polar surface area (TPSA) is 37.3 Å². The second-order valence-corrected chi connectivity index (χ2v) is 4.32. The molecular formula is C13H16O2. The van der Waals surface area contributed by atoms with Crippen molar-refractivity contribution in [3.8, 4) is 0 Å². The minimum absolute atomic E-state index is 0.476. The molecule has 1 fully saturated rings.